The maximum absolute atomic E-state index is 13.1. The summed E-state index contributed by atoms with van der Waals surface area (Å²) in [6.45, 7) is 5.83. The Bertz CT molecular complexity index is 666. The molecule has 3 rings (SSSR count). The van der Waals surface area contributed by atoms with Crippen LogP contribution >= 0.6 is 0 Å². The molecule has 1 aliphatic carbocycles. The van der Waals surface area contributed by atoms with Crippen LogP contribution in [0.5, 0.6) is 0 Å². The van der Waals surface area contributed by atoms with Crippen LogP contribution in [-0.2, 0) is 20.9 Å². The molecule has 0 N–H and O–H groups in total. The number of likely N-dealkylation sites (tertiary alicyclic amines) is 1. The van der Waals surface area contributed by atoms with E-state index in [0.717, 1.165) is 24.8 Å². The molecule has 0 aromatic heterocycles. The van der Waals surface area contributed by atoms with Gasteiger partial charge >= 0.3 is 12.1 Å². The highest BCUT2D eigenvalue weighted by Crippen LogP contribution is 2.46. The van der Waals surface area contributed by atoms with E-state index in [4.69, 9.17) is 9.47 Å². The maximum Gasteiger partial charge on any atom is 0.517 e. The Morgan fingerprint density at radius 1 is 1.15 bits per heavy atom. The molecule has 2 aliphatic rings. The van der Waals surface area contributed by atoms with Crippen molar-refractivity contribution in [2.45, 2.75) is 70.7 Å². The molecule has 1 heterocycles. The number of likely N-dealkylation sites (N-methyl/N-ethyl adjacent to an activating group) is 1. The van der Waals surface area contributed by atoms with Crippen LogP contribution in [0.2, 0.25) is 0 Å². The van der Waals surface area contributed by atoms with Crippen LogP contribution in [0.15, 0.2) is 30.3 Å². The fourth-order valence-electron chi connectivity index (χ4n) is 4.50. The average Bonchev–Trinajstić information content (AvgIpc) is 3.14. The van der Waals surface area contributed by atoms with Crippen molar-refractivity contribution in [3.05, 3.63) is 35.9 Å². The first-order valence-corrected chi connectivity index (χ1v) is 9.52. The van der Waals surface area contributed by atoms with Crippen molar-refractivity contribution in [3.8, 4) is 0 Å². The molecule has 2 fully saturated rings. The van der Waals surface area contributed by atoms with Gasteiger partial charge in [0.1, 0.15) is 18.2 Å². The maximum atomic E-state index is 13.1. The molecule has 1 saturated carbocycles. The van der Waals surface area contributed by atoms with E-state index in [-0.39, 0.29) is 29.2 Å². The van der Waals surface area contributed by atoms with Gasteiger partial charge in [0.05, 0.1) is 7.05 Å². The Morgan fingerprint density at radius 3 is 2.50 bits per heavy atom. The SMILES string of the molecule is CC(C)(C)OC(=O)[N+]1(C)C(C(=O)OCc2ccccc2)CC2CCCC21. The van der Waals surface area contributed by atoms with Crippen molar-refractivity contribution < 1.29 is 23.5 Å². The van der Waals surface area contributed by atoms with Gasteiger partial charge in [0.25, 0.3) is 0 Å². The molecule has 0 bridgehead atoms. The summed E-state index contributed by atoms with van der Waals surface area (Å²) in [5, 5.41) is 0. The van der Waals surface area contributed by atoms with Gasteiger partial charge in [-0.15, -0.1) is 0 Å². The molecule has 0 radical (unpaired) electrons. The highest BCUT2D eigenvalue weighted by atomic mass is 16.6. The topological polar surface area (TPSA) is 52.6 Å². The number of hydrogen-bond acceptors (Lipinski definition) is 4. The van der Waals surface area contributed by atoms with Crippen molar-refractivity contribution in [3.63, 3.8) is 0 Å². The Labute approximate surface area is 155 Å². The summed E-state index contributed by atoms with van der Waals surface area (Å²) in [5.41, 5.74) is 0.374. The highest BCUT2D eigenvalue weighted by molar-refractivity contribution is 5.78. The quantitative estimate of drug-likeness (QED) is 0.603. The lowest BCUT2D eigenvalue weighted by molar-refractivity contribution is -0.867. The smallest absolute Gasteiger partial charge is 0.456 e. The van der Waals surface area contributed by atoms with Crippen molar-refractivity contribution in [2.24, 2.45) is 5.92 Å². The molecule has 1 aliphatic heterocycles. The summed E-state index contributed by atoms with van der Waals surface area (Å²) in [6, 6.07) is 9.30. The average molecular weight is 360 g/mol. The molecule has 1 saturated heterocycles. The van der Waals surface area contributed by atoms with Crippen LogP contribution in [0.3, 0.4) is 0 Å². The van der Waals surface area contributed by atoms with Gasteiger partial charge in [-0.3, -0.25) is 0 Å². The van der Waals surface area contributed by atoms with E-state index < -0.39 is 11.6 Å². The van der Waals surface area contributed by atoms with Crippen LogP contribution in [0.1, 0.15) is 52.0 Å². The molecule has 5 nitrogen and oxygen atoms in total. The number of rotatable bonds is 3. The number of amides is 1. The first kappa shape index (κ1) is 18.9. The van der Waals surface area contributed by atoms with E-state index in [2.05, 4.69) is 0 Å². The summed E-state index contributed by atoms with van der Waals surface area (Å²) in [4.78, 5) is 25.9. The number of esters is 1. The molecule has 1 aromatic rings. The zero-order valence-electron chi connectivity index (χ0n) is 16.2. The van der Waals surface area contributed by atoms with E-state index in [1.807, 2.05) is 58.2 Å². The predicted octanol–water partition coefficient (Wildman–Crippen LogP) is 4.05. The summed E-state index contributed by atoms with van der Waals surface area (Å²) in [7, 11) is 1.86. The van der Waals surface area contributed by atoms with E-state index >= 15 is 0 Å². The number of hydrogen-bond donors (Lipinski definition) is 0. The predicted molar refractivity (Wildman–Crippen MR) is 98.2 cm³/mol. The molecule has 142 valence electrons. The second kappa shape index (κ2) is 7.03. The fourth-order valence-corrected chi connectivity index (χ4v) is 4.50. The monoisotopic (exact) mass is 360 g/mol. The van der Waals surface area contributed by atoms with Crippen LogP contribution in [0.25, 0.3) is 0 Å². The van der Waals surface area contributed by atoms with Gasteiger partial charge < -0.3 is 9.47 Å². The zero-order chi connectivity index (χ0) is 18.9. The molecular formula is C21H30NO4+. The number of benzene rings is 1. The minimum Gasteiger partial charge on any atom is -0.456 e. The Hall–Kier alpha value is -1.88. The number of nitrogens with zero attached hydrogens (tertiary/aromatic N) is 1. The van der Waals surface area contributed by atoms with E-state index in [1.165, 1.54) is 0 Å². The molecular weight excluding hydrogens is 330 g/mol. The lowest BCUT2D eigenvalue weighted by Crippen LogP contribution is -2.61. The number of ether oxygens (including phenoxy) is 2. The van der Waals surface area contributed by atoms with Crippen molar-refractivity contribution in [1.82, 2.24) is 0 Å². The van der Waals surface area contributed by atoms with Crippen molar-refractivity contribution in [2.75, 3.05) is 7.05 Å². The second-order valence-electron chi connectivity index (χ2n) is 8.73. The third kappa shape index (κ3) is 3.63. The van der Waals surface area contributed by atoms with Gasteiger partial charge in [0, 0.05) is 18.8 Å². The lowest BCUT2D eigenvalue weighted by Gasteiger charge is -2.37. The highest BCUT2D eigenvalue weighted by Gasteiger charge is 2.62. The first-order valence-electron chi connectivity index (χ1n) is 9.52. The van der Waals surface area contributed by atoms with E-state index in [1.54, 1.807) is 0 Å². The van der Waals surface area contributed by atoms with Gasteiger partial charge in [0.15, 0.2) is 6.04 Å². The molecule has 4 unspecified atom stereocenters. The molecule has 0 spiro atoms. The van der Waals surface area contributed by atoms with Crippen LogP contribution in [0, 0.1) is 5.92 Å². The lowest BCUT2D eigenvalue weighted by atomic mass is 10.0. The largest absolute Gasteiger partial charge is 0.517 e. The standard InChI is InChI=1S/C21H30NO4/c1-21(2,3)26-20(24)22(4)17-12-8-11-16(17)13-18(22)19(23)25-14-15-9-6-5-7-10-15/h5-7,9-10,16-18H,8,11-14H2,1-4H3/q+1. The Morgan fingerprint density at radius 2 is 1.85 bits per heavy atom. The van der Waals surface area contributed by atoms with Crippen LogP contribution in [0.4, 0.5) is 4.79 Å². The normalized spacial score (nSPS) is 30.7. The number of fused-ring (bicyclic) bond motifs is 1. The molecule has 26 heavy (non-hydrogen) atoms. The van der Waals surface area contributed by atoms with Crippen LogP contribution in [-0.4, -0.2) is 41.3 Å². The van der Waals surface area contributed by atoms with E-state index in [0.29, 0.717) is 12.3 Å². The minimum atomic E-state index is -0.576. The van der Waals surface area contributed by atoms with Gasteiger partial charge in [-0.1, -0.05) is 30.3 Å². The molecule has 5 heteroatoms. The Balaban J connectivity index is 1.77. The summed E-state index contributed by atoms with van der Waals surface area (Å²) >= 11 is 0. The molecule has 1 aromatic carbocycles. The van der Waals surface area contributed by atoms with Crippen molar-refractivity contribution >= 4 is 12.1 Å². The van der Waals surface area contributed by atoms with Gasteiger partial charge in [-0.05, 0) is 39.2 Å². The number of quaternary nitrogens is 1. The minimum absolute atomic E-state index is 0.0234. The third-order valence-electron chi connectivity index (χ3n) is 5.76. The molecule has 1 amide bonds. The summed E-state index contributed by atoms with van der Waals surface area (Å²) in [6.07, 6.45) is 3.53. The van der Waals surface area contributed by atoms with Gasteiger partial charge in [-0.2, -0.15) is 4.79 Å². The number of carbonyl (C=O) groups is 2. The summed E-state index contributed by atoms with van der Waals surface area (Å²) < 4.78 is 11.3. The van der Waals surface area contributed by atoms with Gasteiger partial charge in [-0.25, -0.2) is 9.28 Å². The summed E-state index contributed by atoms with van der Waals surface area (Å²) in [5.74, 6) is 0.0957. The van der Waals surface area contributed by atoms with Crippen LogP contribution < -0.4 is 0 Å². The molecule has 4 atom stereocenters. The third-order valence-corrected chi connectivity index (χ3v) is 5.76. The zero-order valence-corrected chi connectivity index (χ0v) is 16.2. The fraction of sp³-hybridized carbons (Fsp3) is 0.619. The Kier molecular flexibility index (Phi) is 5.11. The van der Waals surface area contributed by atoms with Crippen molar-refractivity contribution in [1.29, 1.82) is 0 Å². The second-order valence-corrected chi connectivity index (χ2v) is 8.73. The van der Waals surface area contributed by atoms with E-state index in [9.17, 15) is 9.59 Å². The van der Waals surface area contributed by atoms with Gasteiger partial charge in [0.2, 0.25) is 0 Å². The first-order chi connectivity index (χ1) is 12.2. The number of carbonyl (C=O) groups excluding carboxylic acids is 2.